The maximum Gasteiger partial charge on any atom is 0.269 e. The first-order valence-electron chi connectivity index (χ1n) is 10.0. The number of allylic oxidation sites excluding steroid dienone is 2. The standard InChI is InChI=1S/C22H23F2N5O2/c1-12-21(30)28-19-16(26-12)5-3-14(18(19)23)11-29-9-7-13(8-10-29)15-4-6-17(22(31)25-2)27-20(15)24/h3-7,20,27H,8-11H2,1-2H3,(H,25,31)(H,28,30). The molecule has 0 aliphatic carbocycles. The molecule has 1 atom stereocenters. The van der Waals surface area contributed by atoms with Crippen molar-refractivity contribution in [1.29, 1.82) is 0 Å². The van der Waals surface area contributed by atoms with Gasteiger partial charge in [-0.05, 0) is 31.1 Å². The topological polar surface area (TPSA) is 90.1 Å². The van der Waals surface area contributed by atoms with E-state index in [1.807, 2.05) is 11.0 Å². The molecule has 1 amide bonds. The van der Waals surface area contributed by atoms with Crippen molar-refractivity contribution in [2.24, 2.45) is 0 Å². The van der Waals surface area contributed by atoms with Crippen LogP contribution in [-0.4, -0.2) is 47.2 Å². The molecule has 2 aliphatic heterocycles. The summed E-state index contributed by atoms with van der Waals surface area (Å²) in [6, 6.07) is 3.38. The summed E-state index contributed by atoms with van der Waals surface area (Å²) in [5, 5.41) is 5.03. The molecule has 0 bridgehead atoms. The number of dihydropyridines is 1. The van der Waals surface area contributed by atoms with Crippen LogP contribution in [-0.2, 0) is 11.3 Å². The first-order chi connectivity index (χ1) is 14.9. The third-order valence-electron chi connectivity index (χ3n) is 5.57. The van der Waals surface area contributed by atoms with E-state index in [-0.39, 0.29) is 17.1 Å². The SMILES string of the molecule is CNC(=O)C1=CC=C(C2=CCN(Cc3ccc4nc(C)c(=O)[nH]c4c3F)CC2)C(F)N1. The highest BCUT2D eigenvalue weighted by atomic mass is 19.1. The van der Waals surface area contributed by atoms with E-state index in [0.29, 0.717) is 48.4 Å². The summed E-state index contributed by atoms with van der Waals surface area (Å²) in [7, 11) is 1.49. The van der Waals surface area contributed by atoms with Gasteiger partial charge in [0.15, 0.2) is 12.1 Å². The fraction of sp³-hybridized carbons (Fsp3) is 0.318. The lowest BCUT2D eigenvalue weighted by Crippen LogP contribution is -2.38. The minimum atomic E-state index is -1.46. The number of hydrogen-bond donors (Lipinski definition) is 3. The minimum absolute atomic E-state index is 0.110. The quantitative estimate of drug-likeness (QED) is 0.649. The summed E-state index contributed by atoms with van der Waals surface area (Å²) >= 11 is 0. The van der Waals surface area contributed by atoms with Crippen LogP contribution in [0.4, 0.5) is 8.78 Å². The van der Waals surface area contributed by atoms with Crippen LogP contribution in [0.3, 0.4) is 0 Å². The predicted octanol–water partition coefficient (Wildman–Crippen LogP) is 1.96. The summed E-state index contributed by atoms with van der Waals surface area (Å²) in [6.45, 7) is 3.10. The Morgan fingerprint density at radius 1 is 1.35 bits per heavy atom. The maximum atomic E-state index is 14.9. The van der Waals surface area contributed by atoms with Crippen molar-refractivity contribution in [2.75, 3.05) is 20.1 Å². The normalized spacial score (nSPS) is 19.4. The van der Waals surface area contributed by atoms with Crippen molar-refractivity contribution in [3.8, 4) is 0 Å². The van der Waals surface area contributed by atoms with Gasteiger partial charge in [0.05, 0.1) is 5.52 Å². The van der Waals surface area contributed by atoms with Crippen LogP contribution in [0.1, 0.15) is 17.7 Å². The molecule has 2 aliphatic rings. The molecule has 31 heavy (non-hydrogen) atoms. The first kappa shape index (κ1) is 20.9. The Labute approximate surface area is 177 Å². The van der Waals surface area contributed by atoms with Crippen molar-refractivity contribution >= 4 is 16.9 Å². The average molecular weight is 427 g/mol. The Morgan fingerprint density at radius 3 is 2.84 bits per heavy atom. The molecule has 4 rings (SSSR count). The van der Waals surface area contributed by atoms with E-state index < -0.39 is 17.7 Å². The zero-order chi connectivity index (χ0) is 22.1. The van der Waals surface area contributed by atoms with E-state index >= 15 is 0 Å². The van der Waals surface area contributed by atoms with Crippen LogP contribution in [0.25, 0.3) is 11.0 Å². The van der Waals surface area contributed by atoms with Gasteiger partial charge in [-0.25, -0.2) is 13.8 Å². The number of carbonyl (C=O) groups excluding carboxylic acids is 1. The van der Waals surface area contributed by atoms with Gasteiger partial charge < -0.3 is 15.6 Å². The Balaban J connectivity index is 1.49. The summed E-state index contributed by atoms with van der Waals surface area (Å²) in [4.78, 5) is 32.2. The van der Waals surface area contributed by atoms with E-state index in [1.165, 1.54) is 7.05 Å². The number of aromatic amines is 1. The number of aryl methyl sites for hydroxylation is 1. The largest absolute Gasteiger partial charge is 0.354 e. The van der Waals surface area contributed by atoms with Gasteiger partial charge in [-0.1, -0.05) is 18.2 Å². The molecule has 3 N–H and O–H groups in total. The van der Waals surface area contributed by atoms with Crippen LogP contribution in [0, 0.1) is 12.7 Å². The smallest absolute Gasteiger partial charge is 0.269 e. The molecule has 0 radical (unpaired) electrons. The van der Waals surface area contributed by atoms with Gasteiger partial charge in [0.2, 0.25) is 0 Å². The molecule has 1 aromatic heterocycles. The van der Waals surface area contributed by atoms with E-state index in [1.54, 1.807) is 31.2 Å². The molecule has 1 unspecified atom stereocenters. The molecule has 0 saturated heterocycles. The zero-order valence-electron chi connectivity index (χ0n) is 17.3. The number of benzene rings is 1. The summed E-state index contributed by atoms with van der Waals surface area (Å²) in [5.41, 5.74) is 2.43. The van der Waals surface area contributed by atoms with E-state index in [2.05, 4.69) is 20.6 Å². The zero-order valence-corrected chi connectivity index (χ0v) is 17.3. The molecule has 0 saturated carbocycles. The number of alkyl halides is 1. The summed E-state index contributed by atoms with van der Waals surface area (Å²) in [5.74, 6) is -0.849. The maximum absolute atomic E-state index is 14.9. The number of fused-ring (bicyclic) bond motifs is 1. The van der Waals surface area contributed by atoms with Gasteiger partial charge in [-0.15, -0.1) is 0 Å². The molecule has 162 valence electrons. The second-order valence-electron chi connectivity index (χ2n) is 7.59. The van der Waals surface area contributed by atoms with Gasteiger partial charge in [0.1, 0.15) is 16.9 Å². The Kier molecular flexibility index (Phi) is 5.69. The van der Waals surface area contributed by atoms with Gasteiger partial charge in [0, 0.05) is 37.8 Å². The molecule has 1 aromatic carbocycles. The average Bonchev–Trinajstić information content (AvgIpc) is 2.77. The number of likely N-dealkylation sites (N-methyl/N-ethyl adjacent to an activating group) is 1. The van der Waals surface area contributed by atoms with E-state index in [4.69, 9.17) is 0 Å². The van der Waals surface area contributed by atoms with E-state index in [0.717, 1.165) is 5.57 Å². The van der Waals surface area contributed by atoms with Crippen molar-refractivity contribution < 1.29 is 13.6 Å². The highest BCUT2D eigenvalue weighted by Gasteiger charge is 2.25. The highest BCUT2D eigenvalue weighted by molar-refractivity contribution is 5.93. The second kappa shape index (κ2) is 8.43. The number of aromatic nitrogens is 2. The minimum Gasteiger partial charge on any atom is -0.354 e. The number of nitrogens with zero attached hydrogens (tertiary/aromatic N) is 2. The molecular weight excluding hydrogens is 404 g/mol. The lowest BCUT2D eigenvalue weighted by Gasteiger charge is -2.29. The third-order valence-corrected chi connectivity index (χ3v) is 5.57. The van der Waals surface area contributed by atoms with Crippen molar-refractivity contribution in [1.82, 2.24) is 25.5 Å². The van der Waals surface area contributed by atoms with Crippen LogP contribution in [0.5, 0.6) is 0 Å². The Bertz CT molecular complexity index is 1200. The van der Waals surface area contributed by atoms with Gasteiger partial charge in [-0.2, -0.15) is 0 Å². The van der Waals surface area contributed by atoms with Gasteiger partial charge in [0.25, 0.3) is 11.5 Å². The van der Waals surface area contributed by atoms with Gasteiger partial charge in [-0.3, -0.25) is 14.5 Å². The Morgan fingerprint density at radius 2 is 2.16 bits per heavy atom. The molecular formula is C22H23F2N5O2. The number of amides is 1. The summed E-state index contributed by atoms with van der Waals surface area (Å²) in [6.07, 6.45) is 4.26. The molecule has 2 aromatic rings. The number of nitrogens with one attached hydrogen (secondary N) is 3. The first-order valence-corrected chi connectivity index (χ1v) is 10.0. The molecule has 9 heteroatoms. The number of carbonyl (C=O) groups is 1. The molecule has 3 heterocycles. The Hall–Kier alpha value is -3.33. The number of hydrogen-bond acceptors (Lipinski definition) is 5. The van der Waals surface area contributed by atoms with Crippen LogP contribution in [0.15, 0.2) is 52.0 Å². The predicted molar refractivity (Wildman–Crippen MR) is 113 cm³/mol. The molecule has 0 fully saturated rings. The molecule has 0 spiro atoms. The molecule has 7 nitrogen and oxygen atoms in total. The van der Waals surface area contributed by atoms with Gasteiger partial charge >= 0.3 is 0 Å². The van der Waals surface area contributed by atoms with Crippen LogP contribution >= 0.6 is 0 Å². The van der Waals surface area contributed by atoms with Crippen molar-refractivity contribution in [3.05, 3.63) is 74.6 Å². The fourth-order valence-electron chi connectivity index (χ4n) is 3.80. The van der Waals surface area contributed by atoms with Crippen LogP contribution < -0.4 is 16.2 Å². The number of halogens is 2. The lowest BCUT2D eigenvalue weighted by atomic mass is 9.96. The highest BCUT2D eigenvalue weighted by Crippen LogP contribution is 2.27. The summed E-state index contributed by atoms with van der Waals surface area (Å²) < 4.78 is 29.5. The van der Waals surface area contributed by atoms with E-state index in [9.17, 15) is 18.4 Å². The third kappa shape index (κ3) is 4.13. The van der Waals surface area contributed by atoms with Crippen molar-refractivity contribution in [2.45, 2.75) is 26.2 Å². The second-order valence-corrected chi connectivity index (χ2v) is 7.59. The van der Waals surface area contributed by atoms with Crippen molar-refractivity contribution in [3.63, 3.8) is 0 Å². The number of rotatable bonds is 4. The van der Waals surface area contributed by atoms with Crippen LogP contribution in [0.2, 0.25) is 0 Å². The number of H-pyrrole nitrogens is 1. The fourth-order valence-corrected chi connectivity index (χ4v) is 3.80. The lowest BCUT2D eigenvalue weighted by molar-refractivity contribution is -0.117. The monoisotopic (exact) mass is 427 g/mol.